The Balaban J connectivity index is 3.29. The van der Waals surface area contributed by atoms with Gasteiger partial charge in [-0.15, -0.1) is 0 Å². The van der Waals surface area contributed by atoms with Gasteiger partial charge >= 0.3 is 0 Å². The second-order valence-electron chi connectivity index (χ2n) is 3.22. The first-order valence-corrected chi connectivity index (χ1v) is 6.85. The van der Waals surface area contributed by atoms with Crippen LogP contribution in [0.25, 0.3) is 0 Å². The van der Waals surface area contributed by atoms with Gasteiger partial charge in [-0.05, 0) is 26.0 Å². The molecule has 1 unspecified atom stereocenters. The van der Waals surface area contributed by atoms with Crippen LogP contribution in [0.1, 0.15) is 6.92 Å². The lowest BCUT2D eigenvalue weighted by Crippen LogP contribution is -2.30. The van der Waals surface area contributed by atoms with Crippen molar-refractivity contribution in [2.75, 3.05) is 0 Å². The molecule has 0 saturated carbocycles. The molecule has 0 spiro atoms. The van der Waals surface area contributed by atoms with Gasteiger partial charge in [-0.25, -0.2) is 13.1 Å². The van der Waals surface area contributed by atoms with Gasteiger partial charge in [0.25, 0.3) is 0 Å². The Morgan fingerprint density at radius 3 is 2.19 bits per heavy atom. The average molecular weight is 302 g/mol. The second kappa shape index (κ2) is 5.10. The van der Waals surface area contributed by atoms with Gasteiger partial charge in [0.2, 0.25) is 10.0 Å². The predicted molar refractivity (Wildman–Crippen MR) is 66.6 cm³/mol. The Kier molecular flexibility index (Phi) is 4.49. The Bertz CT molecular complexity index is 500. The molecular formula is C9H9Cl3NO2S. The van der Waals surface area contributed by atoms with Crippen molar-refractivity contribution in [3.05, 3.63) is 34.1 Å². The standard InChI is InChI=1S/C9H9Cl3NO2S/c1-5(2)13-16(14,15)9-4-7(11)6(10)3-8(9)12/h3-5,13H,1H2,2H3. The quantitative estimate of drug-likeness (QED) is 0.872. The molecule has 0 bridgehead atoms. The van der Waals surface area contributed by atoms with Crippen LogP contribution in [0.15, 0.2) is 17.0 Å². The van der Waals surface area contributed by atoms with Crippen LogP contribution in [0.4, 0.5) is 0 Å². The van der Waals surface area contributed by atoms with Gasteiger partial charge in [-0.3, -0.25) is 0 Å². The molecule has 16 heavy (non-hydrogen) atoms. The molecule has 0 aromatic heterocycles. The van der Waals surface area contributed by atoms with Gasteiger partial charge in [0.1, 0.15) is 4.90 Å². The maximum atomic E-state index is 11.8. The summed E-state index contributed by atoms with van der Waals surface area (Å²) in [5.41, 5.74) is 0. The maximum Gasteiger partial charge on any atom is 0.242 e. The Morgan fingerprint density at radius 1 is 1.19 bits per heavy atom. The normalized spacial score (nSPS) is 12.1. The highest BCUT2D eigenvalue weighted by molar-refractivity contribution is 7.89. The van der Waals surface area contributed by atoms with Crippen LogP contribution in [-0.4, -0.2) is 14.5 Å². The monoisotopic (exact) mass is 300 g/mol. The van der Waals surface area contributed by atoms with Crippen LogP contribution in [-0.2, 0) is 10.0 Å². The molecule has 1 N–H and O–H groups in total. The molecule has 1 rings (SSSR count). The van der Waals surface area contributed by atoms with Gasteiger partial charge in [0, 0.05) is 6.04 Å². The average Bonchev–Trinajstić information content (AvgIpc) is 2.08. The fraction of sp³-hybridized carbons (Fsp3) is 0.222. The highest BCUT2D eigenvalue weighted by Gasteiger charge is 2.20. The van der Waals surface area contributed by atoms with Crippen LogP contribution in [0, 0.1) is 6.92 Å². The van der Waals surface area contributed by atoms with Crippen LogP contribution >= 0.6 is 34.8 Å². The number of rotatable bonds is 3. The molecule has 0 aliphatic rings. The minimum atomic E-state index is -3.72. The van der Waals surface area contributed by atoms with Gasteiger partial charge < -0.3 is 0 Å². The van der Waals surface area contributed by atoms with Crippen LogP contribution < -0.4 is 4.72 Å². The predicted octanol–water partition coefficient (Wildman–Crippen LogP) is 3.15. The third kappa shape index (κ3) is 3.25. The fourth-order valence-electron chi connectivity index (χ4n) is 1.04. The number of halogens is 3. The summed E-state index contributed by atoms with van der Waals surface area (Å²) in [6, 6.07) is 2.01. The Morgan fingerprint density at radius 2 is 1.69 bits per heavy atom. The SMILES string of the molecule is [CH2]C(C)NS(=O)(=O)c1cc(Cl)c(Cl)cc1Cl. The second-order valence-corrected chi connectivity index (χ2v) is 6.12. The van der Waals surface area contributed by atoms with Gasteiger partial charge in [-0.2, -0.15) is 0 Å². The van der Waals surface area contributed by atoms with Crippen molar-refractivity contribution < 1.29 is 8.42 Å². The van der Waals surface area contributed by atoms with Crippen molar-refractivity contribution in [3.8, 4) is 0 Å². The molecule has 0 fully saturated rings. The van der Waals surface area contributed by atoms with E-state index in [0.29, 0.717) is 0 Å². The molecule has 0 saturated heterocycles. The molecule has 1 atom stereocenters. The maximum absolute atomic E-state index is 11.8. The molecule has 0 aliphatic carbocycles. The number of sulfonamides is 1. The molecule has 0 heterocycles. The van der Waals surface area contributed by atoms with E-state index in [-0.39, 0.29) is 20.0 Å². The Labute approximate surface area is 110 Å². The van der Waals surface area contributed by atoms with Crippen LogP contribution in [0.5, 0.6) is 0 Å². The summed E-state index contributed by atoms with van der Waals surface area (Å²) in [6.45, 7) is 5.13. The van der Waals surface area contributed by atoms with E-state index in [4.69, 9.17) is 34.8 Å². The molecular weight excluding hydrogens is 293 g/mol. The number of hydrogen-bond donors (Lipinski definition) is 1. The fourth-order valence-corrected chi connectivity index (χ4v) is 3.20. The van der Waals surface area contributed by atoms with Gasteiger partial charge in [0.05, 0.1) is 15.1 Å². The number of nitrogens with one attached hydrogen (secondary N) is 1. The number of benzene rings is 1. The zero-order valence-corrected chi connectivity index (χ0v) is 11.4. The lowest BCUT2D eigenvalue weighted by molar-refractivity contribution is 0.576. The van der Waals surface area contributed by atoms with E-state index >= 15 is 0 Å². The zero-order valence-electron chi connectivity index (χ0n) is 8.30. The van der Waals surface area contributed by atoms with E-state index in [1.807, 2.05) is 0 Å². The van der Waals surface area contributed by atoms with Crippen molar-refractivity contribution in [3.63, 3.8) is 0 Å². The zero-order chi connectivity index (χ0) is 12.5. The third-order valence-electron chi connectivity index (χ3n) is 1.62. The number of hydrogen-bond acceptors (Lipinski definition) is 2. The molecule has 89 valence electrons. The molecule has 7 heteroatoms. The van der Waals surface area contributed by atoms with Crippen molar-refractivity contribution in [1.29, 1.82) is 0 Å². The minimum absolute atomic E-state index is 0.0163. The van der Waals surface area contributed by atoms with E-state index in [2.05, 4.69) is 11.6 Å². The topological polar surface area (TPSA) is 46.2 Å². The molecule has 0 aliphatic heterocycles. The van der Waals surface area contributed by atoms with Crippen molar-refractivity contribution in [2.45, 2.75) is 17.9 Å². The lowest BCUT2D eigenvalue weighted by atomic mass is 10.4. The summed E-state index contributed by atoms with van der Waals surface area (Å²) in [4.78, 5) is -0.112. The molecule has 1 aromatic carbocycles. The first kappa shape index (κ1) is 14.1. The van der Waals surface area contributed by atoms with Gasteiger partial charge in [0.15, 0.2) is 0 Å². The first-order chi connectivity index (χ1) is 7.24. The minimum Gasteiger partial charge on any atom is -0.208 e. The molecule has 1 radical (unpaired) electrons. The van der Waals surface area contributed by atoms with E-state index in [9.17, 15) is 8.42 Å². The third-order valence-corrected chi connectivity index (χ3v) is 4.40. The van der Waals surface area contributed by atoms with E-state index < -0.39 is 16.1 Å². The highest BCUT2D eigenvalue weighted by Crippen LogP contribution is 2.31. The summed E-state index contributed by atoms with van der Waals surface area (Å²) in [7, 11) is -3.72. The highest BCUT2D eigenvalue weighted by atomic mass is 35.5. The first-order valence-electron chi connectivity index (χ1n) is 4.24. The summed E-state index contributed by atoms with van der Waals surface area (Å²) in [5.74, 6) is 0. The van der Waals surface area contributed by atoms with E-state index in [1.165, 1.54) is 12.1 Å². The van der Waals surface area contributed by atoms with Crippen LogP contribution in [0.3, 0.4) is 0 Å². The lowest BCUT2D eigenvalue weighted by Gasteiger charge is -2.11. The summed E-state index contributed by atoms with van der Waals surface area (Å²) < 4.78 is 25.9. The van der Waals surface area contributed by atoms with Crippen molar-refractivity contribution in [2.24, 2.45) is 0 Å². The van der Waals surface area contributed by atoms with E-state index in [0.717, 1.165) is 0 Å². The molecule has 0 amide bonds. The van der Waals surface area contributed by atoms with E-state index in [1.54, 1.807) is 6.92 Å². The van der Waals surface area contributed by atoms with Crippen molar-refractivity contribution in [1.82, 2.24) is 4.72 Å². The van der Waals surface area contributed by atoms with Gasteiger partial charge in [-0.1, -0.05) is 34.8 Å². The van der Waals surface area contributed by atoms with Crippen LogP contribution in [0.2, 0.25) is 15.1 Å². The van der Waals surface area contributed by atoms with Crippen molar-refractivity contribution >= 4 is 44.8 Å². The summed E-state index contributed by atoms with van der Waals surface area (Å²) in [5, 5.41) is 0.346. The summed E-state index contributed by atoms with van der Waals surface area (Å²) >= 11 is 17.2. The molecule has 3 nitrogen and oxygen atoms in total. The Hall–Kier alpha value is -0.000000000000000111. The largest absolute Gasteiger partial charge is 0.242 e. The molecule has 1 aromatic rings. The smallest absolute Gasteiger partial charge is 0.208 e. The summed E-state index contributed by atoms with van der Waals surface area (Å²) in [6.07, 6.45) is 0.